The molecule has 0 spiro atoms. The van der Waals surface area contributed by atoms with Crippen molar-refractivity contribution in [2.75, 3.05) is 0 Å². The van der Waals surface area contributed by atoms with Crippen LogP contribution in [-0.4, -0.2) is 22.7 Å². The summed E-state index contributed by atoms with van der Waals surface area (Å²) in [6.07, 6.45) is 7.77. The maximum atomic E-state index is 10.8. The molecule has 2 unspecified atom stereocenters. The van der Waals surface area contributed by atoms with E-state index in [1.54, 1.807) is 25.2 Å². The molecular weight excluding hydrogens is 170 g/mol. The molecule has 2 atom stereocenters. The molecule has 0 heterocycles. The Labute approximate surface area is 75.3 Å². The van der Waals surface area contributed by atoms with E-state index in [1.165, 1.54) is 12.2 Å². The molecular formula is C9H9NO3. The van der Waals surface area contributed by atoms with Crippen molar-refractivity contribution in [2.45, 2.75) is 12.5 Å². The summed E-state index contributed by atoms with van der Waals surface area (Å²) in [6.45, 7) is 1.58. The number of isocyanates is 1. The third-order valence-corrected chi connectivity index (χ3v) is 2.03. The van der Waals surface area contributed by atoms with Crippen LogP contribution in [-0.2, 0) is 9.59 Å². The van der Waals surface area contributed by atoms with Crippen molar-refractivity contribution in [3.63, 3.8) is 0 Å². The number of nitrogens with zero attached hydrogens (tertiary/aromatic N) is 1. The predicted octanol–water partition coefficient (Wildman–Crippen LogP) is 0.908. The van der Waals surface area contributed by atoms with Gasteiger partial charge in [0.05, 0.1) is 0 Å². The van der Waals surface area contributed by atoms with Crippen molar-refractivity contribution in [1.82, 2.24) is 0 Å². The number of carboxylic acids is 1. The quantitative estimate of drug-likeness (QED) is 0.506. The Kier molecular flexibility index (Phi) is 2.44. The van der Waals surface area contributed by atoms with E-state index in [4.69, 9.17) is 5.11 Å². The molecule has 4 nitrogen and oxygen atoms in total. The fraction of sp³-hybridized carbons (Fsp3) is 0.333. The maximum Gasteiger partial charge on any atom is 0.313 e. The van der Waals surface area contributed by atoms with Crippen molar-refractivity contribution in [3.05, 3.63) is 24.3 Å². The average molecular weight is 179 g/mol. The molecule has 0 fully saturated rings. The maximum absolute atomic E-state index is 10.8. The van der Waals surface area contributed by atoms with Crippen molar-refractivity contribution in [2.24, 2.45) is 10.9 Å². The number of aliphatic imine (C=N–C) groups is 1. The minimum Gasteiger partial charge on any atom is -0.481 e. The summed E-state index contributed by atoms with van der Waals surface area (Å²) in [5.74, 6) is -1.79. The van der Waals surface area contributed by atoms with Crippen molar-refractivity contribution < 1.29 is 14.7 Å². The van der Waals surface area contributed by atoms with Gasteiger partial charge in [-0.05, 0) is 6.92 Å². The minimum absolute atomic E-state index is 0.793. The fourth-order valence-corrected chi connectivity index (χ4v) is 1.26. The molecule has 0 aliphatic heterocycles. The molecule has 1 N–H and O–H groups in total. The van der Waals surface area contributed by atoms with Crippen molar-refractivity contribution >= 4 is 12.0 Å². The fourth-order valence-electron chi connectivity index (χ4n) is 1.26. The van der Waals surface area contributed by atoms with E-state index in [0.29, 0.717) is 0 Å². The Morgan fingerprint density at radius 1 is 1.62 bits per heavy atom. The number of carboxylic acid groups (broad SMARTS) is 1. The number of carbonyl (C=O) groups is 1. The van der Waals surface area contributed by atoms with E-state index < -0.39 is 17.4 Å². The van der Waals surface area contributed by atoms with Gasteiger partial charge in [0, 0.05) is 0 Å². The Bertz CT molecular complexity index is 326. The zero-order valence-corrected chi connectivity index (χ0v) is 7.10. The largest absolute Gasteiger partial charge is 0.481 e. The zero-order chi connectivity index (χ0) is 9.90. The van der Waals surface area contributed by atoms with Gasteiger partial charge in [-0.3, -0.25) is 4.79 Å². The molecule has 0 aromatic heterocycles. The molecule has 1 aliphatic carbocycles. The lowest BCUT2D eigenvalue weighted by Crippen LogP contribution is -2.36. The summed E-state index contributed by atoms with van der Waals surface area (Å²) in [4.78, 5) is 24.4. The molecule has 0 aromatic carbocycles. The Morgan fingerprint density at radius 3 is 2.85 bits per heavy atom. The van der Waals surface area contributed by atoms with Crippen LogP contribution in [0.5, 0.6) is 0 Å². The van der Waals surface area contributed by atoms with Crippen LogP contribution in [0.1, 0.15) is 6.92 Å². The third-order valence-electron chi connectivity index (χ3n) is 2.03. The second-order valence-electron chi connectivity index (χ2n) is 2.99. The summed E-state index contributed by atoms with van der Waals surface area (Å²) >= 11 is 0. The molecule has 1 rings (SSSR count). The molecule has 0 saturated carbocycles. The van der Waals surface area contributed by atoms with E-state index in [-0.39, 0.29) is 0 Å². The summed E-state index contributed by atoms with van der Waals surface area (Å²) in [7, 11) is 0. The first kappa shape index (κ1) is 9.42. The van der Waals surface area contributed by atoms with E-state index in [2.05, 4.69) is 4.99 Å². The van der Waals surface area contributed by atoms with Gasteiger partial charge < -0.3 is 5.11 Å². The first-order valence-corrected chi connectivity index (χ1v) is 3.78. The standard InChI is InChI=1S/C9H9NO3/c1-9(10-6-11)5-3-2-4-7(9)8(12)13/h2-5,7H,1H3,(H,12,13). The number of hydrogen-bond acceptors (Lipinski definition) is 3. The SMILES string of the molecule is CC1(N=C=O)C=CC=CC1C(=O)O. The normalized spacial score (nSPS) is 31.0. The highest BCUT2D eigenvalue weighted by Crippen LogP contribution is 2.27. The lowest BCUT2D eigenvalue weighted by molar-refractivity contribution is -0.141. The lowest BCUT2D eigenvalue weighted by Gasteiger charge is -2.26. The number of aliphatic carboxylic acids is 1. The summed E-state index contributed by atoms with van der Waals surface area (Å²) < 4.78 is 0. The van der Waals surface area contributed by atoms with Crippen LogP contribution in [0.15, 0.2) is 29.3 Å². The van der Waals surface area contributed by atoms with Crippen molar-refractivity contribution in [3.8, 4) is 0 Å². The molecule has 0 amide bonds. The smallest absolute Gasteiger partial charge is 0.313 e. The van der Waals surface area contributed by atoms with Crippen LogP contribution in [0.25, 0.3) is 0 Å². The Balaban J connectivity index is 3.07. The van der Waals surface area contributed by atoms with E-state index in [9.17, 15) is 9.59 Å². The molecule has 0 radical (unpaired) electrons. The van der Waals surface area contributed by atoms with Crippen LogP contribution in [0.4, 0.5) is 0 Å². The van der Waals surface area contributed by atoms with E-state index in [0.717, 1.165) is 0 Å². The lowest BCUT2D eigenvalue weighted by atomic mass is 9.83. The monoisotopic (exact) mass is 179 g/mol. The second-order valence-corrected chi connectivity index (χ2v) is 2.99. The van der Waals surface area contributed by atoms with Gasteiger partial charge in [-0.25, -0.2) is 4.79 Å². The molecule has 68 valence electrons. The molecule has 1 aliphatic rings. The predicted molar refractivity (Wildman–Crippen MR) is 45.9 cm³/mol. The molecule has 0 bridgehead atoms. The Hall–Kier alpha value is -1.67. The summed E-state index contributed by atoms with van der Waals surface area (Å²) in [5, 5.41) is 8.83. The van der Waals surface area contributed by atoms with Gasteiger partial charge in [-0.2, -0.15) is 4.99 Å². The van der Waals surface area contributed by atoms with Crippen LogP contribution < -0.4 is 0 Å². The number of rotatable bonds is 2. The third kappa shape index (κ3) is 1.73. The highest BCUT2D eigenvalue weighted by Gasteiger charge is 2.36. The molecule has 0 aromatic rings. The van der Waals surface area contributed by atoms with E-state index in [1.807, 2.05) is 0 Å². The highest BCUT2D eigenvalue weighted by atomic mass is 16.4. The van der Waals surface area contributed by atoms with Gasteiger partial charge in [0.2, 0.25) is 6.08 Å². The highest BCUT2D eigenvalue weighted by molar-refractivity contribution is 5.75. The molecule has 0 saturated heterocycles. The van der Waals surface area contributed by atoms with Crippen LogP contribution in [0, 0.1) is 5.92 Å². The average Bonchev–Trinajstić information content (AvgIpc) is 2.04. The summed E-state index contributed by atoms with van der Waals surface area (Å²) in [6, 6.07) is 0. The van der Waals surface area contributed by atoms with Crippen molar-refractivity contribution in [1.29, 1.82) is 0 Å². The number of allylic oxidation sites excluding steroid dienone is 2. The van der Waals surface area contributed by atoms with Gasteiger partial charge in [0.15, 0.2) is 0 Å². The van der Waals surface area contributed by atoms with Gasteiger partial charge in [-0.15, -0.1) is 0 Å². The number of hydrogen-bond donors (Lipinski definition) is 1. The van der Waals surface area contributed by atoms with Gasteiger partial charge in [-0.1, -0.05) is 24.3 Å². The van der Waals surface area contributed by atoms with Crippen LogP contribution >= 0.6 is 0 Å². The van der Waals surface area contributed by atoms with Crippen LogP contribution in [0.3, 0.4) is 0 Å². The first-order chi connectivity index (χ1) is 6.10. The topological polar surface area (TPSA) is 66.7 Å². The molecule has 13 heavy (non-hydrogen) atoms. The van der Waals surface area contributed by atoms with Gasteiger partial charge in [0.1, 0.15) is 11.5 Å². The number of carbonyl (C=O) groups excluding carboxylic acids is 1. The minimum atomic E-state index is -0.998. The van der Waals surface area contributed by atoms with Gasteiger partial charge in [0.25, 0.3) is 0 Å². The first-order valence-electron chi connectivity index (χ1n) is 3.78. The second kappa shape index (κ2) is 3.37. The van der Waals surface area contributed by atoms with Crippen LogP contribution in [0.2, 0.25) is 0 Å². The summed E-state index contributed by atoms with van der Waals surface area (Å²) in [5.41, 5.74) is -0.998. The zero-order valence-electron chi connectivity index (χ0n) is 7.10. The van der Waals surface area contributed by atoms with Gasteiger partial charge >= 0.3 is 5.97 Å². The Morgan fingerprint density at radius 2 is 2.31 bits per heavy atom. The molecule has 4 heteroatoms. The van der Waals surface area contributed by atoms with E-state index >= 15 is 0 Å².